The van der Waals surface area contributed by atoms with Crippen LogP contribution in [0, 0.1) is 12.8 Å². The average molecular weight is 258 g/mol. The van der Waals surface area contributed by atoms with Crippen LogP contribution in [-0.2, 0) is 6.42 Å². The van der Waals surface area contributed by atoms with Crippen LogP contribution >= 0.6 is 0 Å². The van der Waals surface area contributed by atoms with E-state index in [9.17, 15) is 0 Å². The first-order valence-electron chi connectivity index (χ1n) is 7.84. The molecule has 2 unspecified atom stereocenters. The number of nitrogens with zero attached hydrogens (tertiary/aromatic N) is 1. The Balaban J connectivity index is 1.66. The van der Waals surface area contributed by atoms with Crippen molar-refractivity contribution < 1.29 is 0 Å². The highest BCUT2D eigenvalue weighted by Gasteiger charge is 2.25. The molecule has 0 saturated heterocycles. The van der Waals surface area contributed by atoms with E-state index in [0.717, 1.165) is 5.92 Å². The molecule has 1 aliphatic heterocycles. The maximum atomic E-state index is 6.19. The number of anilines is 1. The normalized spacial score (nSPS) is 26.5. The van der Waals surface area contributed by atoms with Gasteiger partial charge in [-0.25, -0.2) is 0 Å². The van der Waals surface area contributed by atoms with Gasteiger partial charge in [-0.05, 0) is 56.6 Å². The molecule has 0 amide bonds. The summed E-state index contributed by atoms with van der Waals surface area (Å²) in [5.74, 6) is 0.760. The zero-order valence-electron chi connectivity index (χ0n) is 12.1. The molecule has 0 bridgehead atoms. The highest BCUT2D eigenvalue weighted by atomic mass is 15.1. The summed E-state index contributed by atoms with van der Waals surface area (Å²) in [6.45, 7) is 4.60. The van der Waals surface area contributed by atoms with Crippen LogP contribution < -0.4 is 10.6 Å². The lowest BCUT2D eigenvalue weighted by Gasteiger charge is -2.32. The maximum absolute atomic E-state index is 6.19. The van der Waals surface area contributed by atoms with Crippen LogP contribution in [0.15, 0.2) is 18.2 Å². The van der Waals surface area contributed by atoms with Gasteiger partial charge < -0.3 is 10.6 Å². The van der Waals surface area contributed by atoms with E-state index in [1.54, 1.807) is 5.56 Å². The Morgan fingerprint density at radius 2 is 2.16 bits per heavy atom. The minimum atomic E-state index is 0.460. The fraction of sp³-hybridized carbons (Fsp3) is 0.647. The van der Waals surface area contributed by atoms with Crippen LogP contribution in [0.25, 0.3) is 0 Å². The Kier molecular flexibility index (Phi) is 3.79. The molecule has 2 heteroatoms. The fourth-order valence-corrected chi connectivity index (χ4v) is 3.78. The predicted octanol–water partition coefficient (Wildman–Crippen LogP) is 3.27. The third kappa shape index (κ3) is 2.79. The van der Waals surface area contributed by atoms with Crippen molar-refractivity contribution in [1.29, 1.82) is 0 Å². The zero-order valence-corrected chi connectivity index (χ0v) is 12.1. The topological polar surface area (TPSA) is 29.3 Å². The molecule has 1 heterocycles. The molecule has 1 aromatic carbocycles. The molecule has 0 aromatic heterocycles. The van der Waals surface area contributed by atoms with Crippen molar-refractivity contribution in [3.05, 3.63) is 29.3 Å². The molecule has 0 spiro atoms. The summed E-state index contributed by atoms with van der Waals surface area (Å²) < 4.78 is 0. The standard InChI is InChI=1S/C17H26N2/c1-13-7-8-17-15(12-13)5-3-10-19(17)11-9-14-4-2-6-16(14)18/h7-8,12,14,16H,2-6,9-11,18H2,1H3. The Bertz CT molecular complexity index is 441. The Hall–Kier alpha value is -1.02. The molecule has 2 nitrogen and oxygen atoms in total. The van der Waals surface area contributed by atoms with Gasteiger partial charge in [0.15, 0.2) is 0 Å². The summed E-state index contributed by atoms with van der Waals surface area (Å²) in [7, 11) is 0. The first-order valence-corrected chi connectivity index (χ1v) is 7.84. The van der Waals surface area contributed by atoms with Crippen LogP contribution in [-0.4, -0.2) is 19.1 Å². The molecule has 2 atom stereocenters. The lowest BCUT2D eigenvalue weighted by atomic mass is 9.96. The summed E-state index contributed by atoms with van der Waals surface area (Å²) in [5.41, 5.74) is 10.6. The van der Waals surface area contributed by atoms with E-state index >= 15 is 0 Å². The molecule has 1 aromatic rings. The van der Waals surface area contributed by atoms with E-state index < -0.39 is 0 Å². The van der Waals surface area contributed by atoms with E-state index in [0.29, 0.717) is 6.04 Å². The molecular formula is C17H26N2. The third-order valence-electron chi connectivity index (χ3n) is 4.94. The number of hydrogen-bond acceptors (Lipinski definition) is 2. The van der Waals surface area contributed by atoms with E-state index in [4.69, 9.17) is 5.73 Å². The Morgan fingerprint density at radius 1 is 1.26 bits per heavy atom. The molecule has 1 fully saturated rings. The number of nitrogens with two attached hydrogens (primary N) is 1. The smallest absolute Gasteiger partial charge is 0.0398 e. The van der Waals surface area contributed by atoms with Crippen LogP contribution in [0.3, 0.4) is 0 Å². The van der Waals surface area contributed by atoms with Gasteiger partial charge in [-0.3, -0.25) is 0 Å². The van der Waals surface area contributed by atoms with Crippen molar-refractivity contribution in [2.75, 3.05) is 18.0 Å². The van der Waals surface area contributed by atoms with Crippen molar-refractivity contribution in [2.45, 2.75) is 51.5 Å². The quantitative estimate of drug-likeness (QED) is 0.901. The first kappa shape index (κ1) is 13.0. The number of fused-ring (bicyclic) bond motifs is 1. The molecular weight excluding hydrogens is 232 g/mol. The van der Waals surface area contributed by atoms with Crippen molar-refractivity contribution in [1.82, 2.24) is 0 Å². The molecule has 104 valence electrons. The summed E-state index contributed by atoms with van der Waals surface area (Å²) in [6.07, 6.45) is 7.73. The molecule has 19 heavy (non-hydrogen) atoms. The van der Waals surface area contributed by atoms with Crippen LogP contribution in [0.1, 0.15) is 43.2 Å². The van der Waals surface area contributed by atoms with Crippen LogP contribution in [0.5, 0.6) is 0 Å². The lowest BCUT2D eigenvalue weighted by molar-refractivity contribution is 0.443. The zero-order chi connectivity index (χ0) is 13.2. The van der Waals surface area contributed by atoms with E-state index in [2.05, 4.69) is 30.0 Å². The van der Waals surface area contributed by atoms with Crippen LogP contribution in [0.4, 0.5) is 5.69 Å². The van der Waals surface area contributed by atoms with Gasteiger partial charge in [0.05, 0.1) is 0 Å². The van der Waals surface area contributed by atoms with E-state index in [1.165, 1.54) is 62.9 Å². The van der Waals surface area contributed by atoms with Gasteiger partial charge >= 0.3 is 0 Å². The van der Waals surface area contributed by atoms with Gasteiger partial charge in [0, 0.05) is 24.8 Å². The SMILES string of the molecule is Cc1ccc2c(c1)CCCN2CCC1CCCC1N. The van der Waals surface area contributed by atoms with E-state index in [-0.39, 0.29) is 0 Å². The molecule has 3 rings (SSSR count). The van der Waals surface area contributed by atoms with Gasteiger partial charge in [-0.1, -0.05) is 24.1 Å². The van der Waals surface area contributed by atoms with Gasteiger partial charge in [0.1, 0.15) is 0 Å². The Morgan fingerprint density at radius 3 is 2.95 bits per heavy atom. The molecule has 1 saturated carbocycles. The van der Waals surface area contributed by atoms with Gasteiger partial charge in [0.25, 0.3) is 0 Å². The third-order valence-corrected chi connectivity index (χ3v) is 4.94. The fourth-order valence-electron chi connectivity index (χ4n) is 3.78. The molecule has 2 aliphatic rings. The minimum Gasteiger partial charge on any atom is -0.371 e. The minimum absolute atomic E-state index is 0.460. The second kappa shape index (κ2) is 5.54. The van der Waals surface area contributed by atoms with Crippen molar-refractivity contribution >= 4 is 5.69 Å². The molecule has 2 N–H and O–H groups in total. The highest BCUT2D eigenvalue weighted by Crippen LogP contribution is 2.31. The van der Waals surface area contributed by atoms with E-state index in [1.807, 2.05) is 0 Å². The maximum Gasteiger partial charge on any atom is 0.0398 e. The Labute approximate surface area is 117 Å². The van der Waals surface area contributed by atoms with Crippen LogP contribution in [0.2, 0.25) is 0 Å². The number of rotatable bonds is 3. The average Bonchev–Trinajstić information content (AvgIpc) is 2.81. The summed E-state index contributed by atoms with van der Waals surface area (Å²) in [5, 5.41) is 0. The van der Waals surface area contributed by atoms with Gasteiger partial charge in [-0.15, -0.1) is 0 Å². The molecule has 1 aliphatic carbocycles. The highest BCUT2D eigenvalue weighted by molar-refractivity contribution is 5.56. The number of aryl methyl sites for hydroxylation is 2. The van der Waals surface area contributed by atoms with Crippen molar-refractivity contribution in [3.8, 4) is 0 Å². The predicted molar refractivity (Wildman–Crippen MR) is 81.6 cm³/mol. The lowest BCUT2D eigenvalue weighted by Crippen LogP contribution is -2.33. The van der Waals surface area contributed by atoms with Gasteiger partial charge in [-0.2, -0.15) is 0 Å². The first-order chi connectivity index (χ1) is 9.24. The number of benzene rings is 1. The number of hydrogen-bond donors (Lipinski definition) is 1. The summed E-state index contributed by atoms with van der Waals surface area (Å²) >= 11 is 0. The van der Waals surface area contributed by atoms with Crippen molar-refractivity contribution in [2.24, 2.45) is 11.7 Å². The summed E-state index contributed by atoms with van der Waals surface area (Å²) in [4.78, 5) is 2.59. The summed E-state index contributed by atoms with van der Waals surface area (Å²) in [6, 6.07) is 7.39. The second-order valence-corrected chi connectivity index (χ2v) is 6.37. The van der Waals surface area contributed by atoms with Gasteiger partial charge in [0.2, 0.25) is 0 Å². The van der Waals surface area contributed by atoms with Crippen molar-refractivity contribution in [3.63, 3.8) is 0 Å². The second-order valence-electron chi connectivity index (χ2n) is 6.37. The monoisotopic (exact) mass is 258 g/mol. The largest absolute Gasteiger partial charge is 0.371 e. The molecule has 0 radical (unpaired) electrons.